The van der Waals surface area contributed by atoms with Gasteiger partial charge in [-0.2, -0.15) is 5.10 Å². The van der Waals surface area contributed by atoms with Crippen molar-refractivity contribution < 1.29 is 5.11 Å². The predicted octanol–water partition coefficient (Wildman–Crippen LogP) is 0.121. The van der Waals surface area contributed by atoms with Gasteiger partial charge in [0.05, 0.1) is 12.2 Å². The highest BCUT2D eigenvalue weighted by atomic mass is 16.3. The molecule has 0 spiro atoms. The Morgan fingerprint density at radius 2 is 2.08 bits per heavy atom. The molecule has 0 saturated heterocycles. The first kappa shape index (κ1) is 8.86. The summed E-state index contributed by atoms with van der Waals surface area (Å²) in [5, 5.41) is 12.9. The van der Waals surface area contributed by atoms with Gasteiger partial charge in [0.1, 0.15) is 5.82 Å². The smallest absolute Gasteiger partial charge is 0.153 e. The fraction of sp³-hybridized carbons (Fsp3) is 0.571. The Morgan fingerprint density at radius 1 is 1.50 bits per heavy atom. The van der Waals surface area contributed by atoms with E-state index in [1.807, 2.05) is 13.8 Å². The third-order valence-corrected chi connectivity index (χ3v) is 1.73. The Labute approximate surface area is 71.0 Å². The second kappa shape index (κ2) is 3.02. The Bertz CT molecular complexity index is 279. The van der Waals surface area contributed by atoms with E-state index < -0.39 is 0 Å². The Morgan fingerprint density at radius 3 is 2.33 bits per heavy atom. The van der Waals surface area contributed by atoms with Gasteiger partial charge in [-0.05, 0) is 13.8 Å². The SMILES string of the molecule is CC(C)n1nc(N)c(CO)c1N. The zero-order valence-corrected chi connectivity index (χ0v) is 7.28. The van der Waals surface area contributed by atoms with Gasteiger partial charge in [0.2, 0.25) is 0 Å². The summed E-state index contributed by atoms with van der Waals surface area (Å²) in [5.74, 6) is 0.758. The first-order valence-electron chi connectivity index (χ1n) is 3.81. The van der Waals surface area contributed by atoms with Crippen LogP contribution in [0.3, 0.4) is 0 Å². The third kappa shape index (κ3) is 1.23. The molecule has 0 aromatic carbocycles. The van der Waals surface area contributed by atoms with Crippen molar-refractivity contribution in [3.63, 3.8) is 0 Å². The molecule has 5 nitrogen and oxygen atoms in total. The molecular weight excluding hydrogens is 156 g/mol. The van der Waals surface area contributed by atoms with E-state index in [0.29, 0.717) is 17.2 Å². The number of hydrogen-bond donors (Lipinski definition) is 3. The van der Waals surface area contributed by atoms with Crippen molar-refractivity contribution in [2.24, 2.45) is 0 Å². The second-order valence-electron chi connectivity index (χ2n) is 2.95. The van der Waals surface area contributed by atoms with Crippen LogP contribution < -0.4 is 11.5 Å². The first-order chi connectivity index (χ1) is 5.57. The molecule has 0 atom stereocenters. The fourth-order valence-corrected chi connectivity index (χ4v) is 1.06. The van der Waals surface area contributed by atoms with E-state index in [2.05, 4.69) is 5.10 Å². The summed E-state index contributed by atoms with van der Waals surface area (Å²) in [6.07, 6.45) is 0. The van der Waals surface area contributed by atoms with Gasteiger partial charge in [0.15, 0.2) is 5.82 Å². The van der Waals surface area contributed by atoms with Crippen molar-refractivity contribution in [3.05, 3.63) is 5.56 Å². The van der Waals surface area contributed by atoms with Crippen LogP contribution in [0.25, 0.3) is 0 Å². The van der Waals surface area contributed by atoms with E-state index in [9.17, 15) is 0 Å². The van der Waals surface area contributed by atoms with Crippen LogP contribution in [0.1, 0.15) is 25.5 Å². The molecular formula is C7H14N4O. The van der Waals surface area contributed by atoms with Gasteiger partial charge >= 0.3 is 0 Å². The maximum Gasteiger partial charge on any atom is 0.153 e. The van der Waals surface area contributed by atoms with Crippen LogP contribution in [0.5, 0.6) is 0 Å². The zero-order chi connectivity index (χ0) is 9.30. The molecule has 0 aliphatic heterocycles. The van der Waals surface area contributed by atoms with Crippen molar-refractivity contribution in [2.45, 2.75) is 26.5 Å². The minimum absolute atomic E-state index is 0.160. The van der Waals surface area contributed by atoms with E-state index in [-0.39, 0.29) is 12.6 Å². The van der Waals surface area contributed by atoms with E-state index in [1.54, 1.807) is 4.68 Å². The molecule has 1 aromatic rings. The second-order valence-corrected chi connectivity index (χ2v) is 2.95. The molecule has 1 aromatic heterocycles. The summed E-state index contributed by atoms with van der Waals surface area (Å²) in [6, 6.07) is 0.160. The Balaban J connectivity index is 3.17. The molecule has 0 bridgehead atoms. The van der Waals surface area contributed by atoms with Crippen LogP contribution in [0.2, 0.25) is 0 Å². The molecule has 1 heterocycles. The lowest BCUT2D eigenvalue weighted by molar-refractivity contribution is 0.283. The van der Waals surface area contributed by atoms with Crippen LogP contribution in [0, 0.1) is 0 Å². The van der Waals surface area contributed by atoms with E-state index in [0.717, 1.165) is 0 Å². The molecule has 0 aliphatic rings. The summed E-state index contributed by atoms with van der Waals surface area (Å²) in [4.78, 5) is 0. The van der Waals surface area contributed by atoms with Crippen molar-refractivity contribution in [2.75, 3.05) is 11.5 Å². The van der Waals surface area contributed by atoms with Gasteiger partial charge in [-0.1, -0.05) is 0 Å². The van der Waals surface area contributed by atoms with Crippen LogP contribution >= 0.6 is 0 Å². The standard InChI is InChI=1S/C7H14N4O/c1-4(2)11-7(9)5(3-12)6(8)10-11/h4,12H,3,9H2,1-2H3,(H2,8,10). The van der Waals surface area contributed by atoms with Crippen LogP contribution in [-0.4, -0.2) is 14.9 Å². The molecule has 5 N–H and O–H groups in total. The zero-order valence-electron chi connectivity index (χ0n) is 7.28. The monoisotopic (exact) mass is 170 g/mol. The molecule has 12 heavy (non-hydrogen) atoms. The maximum absolute atomic E-state index is 8.88. The number of nitrogens with two attached hydrogens (primary N) is 2. The summed E-state index contributed by atoms with van der Waals surface area (Å²) >= 11 is 0. The summed E-state index contributed by atoms with van der Waals surface area (Å²) in [6.45, 7) is 3.73. The van der Waals surface area contributed by atoms with Gasteiger partial charge in [-0.15, -0.1) is 0 Å². The lowest BCUT2D eigenvalue weighted by Gasteiger charge is -2.06. The number of aromatic nitrogens is 2. The van der Waals surface area contributed by atoms with Gasteiger partial charge < -0.3 is 16.6 Å². The minimum Gasteiger partial charge on any atom is -0.391 e. The van der Waals surface area contributed by atoms with Gasteiger partial charge in [0.25, 0.3) is 0 Å². The molecule has 0 amide bonds. The highest BCUT2D eigenvalue weighted by molar-refractivity contribution is 5.53. The lowest BCUT2D eigenvalue weighted by atomic mass is 10.3. The predicted molar refractivity (Wildman–Crippen MR) is 47.4 cm³/mol. The largest absolute Gasteiger partial charge is 0.391 e. The molecule has 5 heteroatoms. The van der Waals surface area contributed by atoms with E-state index >= 15 is 0 Å². The summed E-state index contributed by atoms with van der Waals surface area (Å²) in [5.41, 5.74) is 11.7. The number of rotatable bonds is 2. The number of nitrogens with zero attached hydrogens (tertiary/aromatic N) is 2. The highest BCUT2D eigenvalue weighted by Crippen LogP contribution is 2.21. The quantitative estimate of drug-likeness (QED) is 0.588. The maximum atomic E-state index is 8.88. The molecule has 1 rings (SSSR count). The number of aliphatic hydroxyl groups is 1. The Kier molecular flexibility index (Phi) is 2.23. The van der Waals surface area contributed by atoms with Crippen molar-refractivity contribution in [3.8, 4) is 0 Å². The minimum atomic E-state index is -0.162. The first-order valence-corrected chi connectivity index (χ1v) is 3.81. The number of aliphatic hydroxyl groups excluding tert-OH is 1. The number of anilines is 2. The van der Waals surface area contributed by atoms with Crippen molar-refractivity contribution >= 4 is 11.6 Å². The molecule has 0 fully saturated rings. The highest BCUT2D eigenvalue weighted by Gasteiger charge is 2.13. The van der Waals surface area contributed by atoms with Crippen LogP contribution in [-0.2, 0) is 6.61 Å². The molecule has 0 saturated carbocycles. The number of hydrogen-bond acceptors (Lipinski definition) is 4. The van der Waals surface area contributed by atoms with Gasteiger partial charge in [-0.25, -0.2) is 4.68 Å². The summed E-state index contributed by atoms with van der Waals surface area (Å²) in [7, 11) is 0. The van der Waals surface area contributed by atoms with Crippen molar-refractivity contribution in [1.29, 1.82) is 0 Å². The topological polar surface area (TPSA) is 90.1 Å². The van der Waals surface area contributed by atoms with Gasteiger partial charge in [0, 0.05) is 6.04 Å². The van der Waals surface area contributed by atoms with Gasteiger partial charge in [-0.3, -0.25) is 0 Å². The Hall–Kier alpha value is -1.23. The molecule has 0 aliphatic carbocycles. The van der Waals surface area contributed by atoms with Crippen molar-refractivity contribution in [1.82, 2.24) is 9.78 Å². The normalized spacial score (nSPS) is 11.0. The van der Waals surface area contributed by atoms with E-state index in [4.69, 9.17) is 16.6 Å². The molecule has 0 radical (unpaired) electrons. The van der Waals surface area contributed by atoms with E-state index in [1.165, 1.54) is 0 Å². The van der Waals surface area contributed by atoms with Crippen LogP contribution in [0.4, 0.5) is 11.6 Å². The fourth-order valence-electron chi connectivity index (χ4n) is 1.06. The molecule has 0 unspecified atom stereocenters. The number of nitrogen functional groups attached to an aromatic ring is 2. The molecule has 68 valence electrons. The lowest BCUT2D eigenvalue weighted by Crippen LogP contribution is -2.07. The third-order valence-electron chi connectivity index (χ3n) is 1.73. The average Bonchev–Trinajstić information content (AvgIpc) is 2.27. The average molecular weight is 170 g/mol. The van der Waals surface area contributed by atoms with Crippen LogP contribution in [0.15, 0.2) is 0 Å². The summed E-state index contributed by atoms with van der Waals surface area (Å²) < 4.78 is 1.60.